The number of carbonyl (C=O) groups is 2. The summed E-state index contributed by atoms with van der Waals surface area (Å²) in [6.07, 6.45) is 0. The third-order valence-corrected chi connectivity index (χ3v) is 4.88. The van der Waals surface area contributed by atoms with Gasteiger partial charge < -0.3 is 19.7 Å². The molecule has 0 spiro atoms. The lowest BCUT2D eigenvalue weighted by Gasteiger charge is -2.23. The number of anilines is 3. The zero-order chi connectivity index (χ0) is 20.4. The number of nitrogens with one attached hydrogen (secondary N) is 1. The van der Waals surface area contributed by atoms with Crippen molar-refractivity contribution in [3.8, 4) is 5.75 Å². The quantitative estimate of drug-likeness (QED) is 0.672. The van der Waals surface area contributed by atoms with E-state index < -0.39 is 5.97 Å². The summed E-state index contributed by atoms with van der Waals surface area (Å²) in [7, 11) is 2.95. The molecule has 6 nitrogen and oxygen atoms in total. The van der Waals surface area contributed by atoms with Gasteiger partial charge in [-0.25, -0.2) is 4.79 Å². The second-order valence-corrected chi connectivity index (χ2v) is 6.63. The molecule has 0 aromatic heterocycles. The van der Waals surface area contributed by atoms with E-state index in [1.807, 2.05) is 42.5 Å². The fourth-order valence-electron chi connectivity index (χ4n) is 3.35. The minimum absolute atomic E-state index is 0.148. The molecule has 3 aromatic rings. The van der Waals surface area contributed by atoms with Crippen LogP contribution in [0, 0.1) is 0 Å². The van der Waals surface area contributed by atoms with Gasteiger partial charge in [-0.2, -0.15) is 0 Å². The first-order valence-corrected chi connectivity index (χ1v) is 9.14. The van der Waals surface area contributed by atoms with Gasteiger partial charge in [-0.1, -0.05) is 24.3 Å². The van der Waals surface area contributed by atoms with E-state index in [9.17, 15) is 9.59 Å². The Kier molecular flexibility index (Phi) is 4.91. The first-order valence-electron chi connectivity index (χ1n) is 9.14. The summed E-state index contributed by atoms with van der Waals surface area (Å²) < 4.78 is 10.1. The first kappa shape index (κ1) is 18.6. The highest BCUT2D eigenvalue weighted by Crippen LogP contribution is 2.37. The number of amides is 1. The van der Waals surface area contributed by atoms with Crippen LogP contribution in [0.4, 0.5) is 17.1 Å². The Bertz CT molecular complexity index is 1080. The van der Waals surface area contributed by atoms with Crippen LogP contribution in [-0.2, 0) is 11.3 Å². The molecule has 0 atom stereocenters. The number of para-hydroxylation sites is 1. The molecule has 0 saturated carbocycles. The Morgan fingerprint density at radius 3 is 2.45 bits per heavy atom. The van der Waals surface area contributed by atoms with Crippen LogP contribution in [0.15, 0.2) is 66.7 Å². The van der Waals surface area contributed by atoms with Crippen LogP contribution in [0.1, 0.15) is 26.3 Å². The van der Waals surface area contributed by atoms with E-state index in [1.165, 1.54) is 7.11 Å². The van der Waals surface area contributed by atoms with Gasteiger partial charge in [-0.15, -0.1) is 0 Å². The zero-order valence-electron chi connectivity index (χ0n) is 16.1. The standard InChI is InChI=1S/C23H20N2O4/c1-28-17-10-7-15(8-11-17)14-25-21-13-16(23(27)29-2)9-12-20(21)24-19-6-4-3-5-18(19)22(25)26/h3-13,24H,14H2,1-2H3. The van der Waals surface area contributed by atoms with E-state index in [2.05, 4.69) is 5.32 Å². The van der Waals surface area contributed by atoms with Gasteiger partial charge in [0.05, 0.1) is 49.0 Å². The van der Waals surface area contributed by atoms with Crippen molar-refractivity contribution in [3.63, 3.8) is 0 Å². The zero-order valence-corrected chi connectivity index (χ0v) is 16.1. The summed E-state index contributed by atoms with van der Waals surface area (Å²) in [6, 6.07) is 20.1. The Morgan fingerprint density at radius 2 is 1.72 bits per heavy atom. The Balaban J connectivity index is 1.82. The van der Waals surface area contributed by atoms with Crippen LogP contribution >= 0.6 is 0 Å². The van der Waals surface area contributed by atoms with E-state index in [-0.39, 0.29) is 5.91 Å². The molecule has 146 valence electrons. The van der Waals surface area contributed by atoms with Crippen molar-refractivity contribution in [3.05, 3.63) is 83.4 Å². The van der Waals surface area contributed by atoms with E-state index in [0.717, 1.165) is 22.7 Å². The second-order valence-electron chi connectivity index (χ2n) is 6.63. The van der Waals surface area contributed by atoms with Crippen molar-refractivity contribution < 1.29 is 19.1 Å². The van der Waals surface area contributed by atoms with Gasteiger partial charge in [0.1, 0.15) is 5.75 Å². The lowest BCUT2D eigenvalue weighted by atomic mass is 10.1. The van der Waals surface area contributed by atoms with Gasteiger partial charge in [-0.3, -0.25) is 4.79 Å². The normalized spacial score (nSPS) is 12.3. The highest BCUT2D eigenvalue weighted by atomic mass is 16.5. The lowest BCUT2D eigenvalue weighted by Crippen LogP contribution is -2.30. The smallest absolute Gasteiger partial charge is 0.337 e. The van der Waals surface area contributed by atoms with Gasteiger partial charge in [0.15, 0.2) is 0 Å². The molecule has 1 N–H and O–H groups in total. The van der Waals surface area contributed by atoms with Crippen LogP contribution in [-0.4, -0.2) is 26.1 Å². The van der Waals surface area contributed by atoms with Crippen LogP contribution in [0.2, 0.25) is 0 Å². The number of carbonyl (C=O) groups excluding carboxylic acids is 2. The molecule has 0 fully saturated rings. The van der Waals surface area contributed by atoms with E-state index >= 15 is 0 Å². The summed E-state index contributed by atoms with van der Waals surface area (Å²) in [5, 5.41) is 3.32. The van der Waals surface area contributed by atoms with Crippen LogP contribution in [0.3, 0.4) is 0 Å². The van der Waals surface area contributed by atoms with Crippen molar-refractivity contribution in [2.24, 2.45) is 0 Å². The number of rotatable bonds is 4. The number of nitrogens with zero attached hydrogens (tertiary/aromatic N) is 1. The van der Waals surface area contributed by atoms with Gasteiger partial charge in [0, 0.05) is 0 Å². The number of esters is 1. The molecule has 1 amide bonds. The highest BCUT2D eigenvalue weighted by molar-refractivity contribution is 6.14. The molecule has 0 bridgehead atoms. The van der Waals surface area contributed by atoms with Crippen LogP contribution in [0.5, 0.6) is 5.75 Å². The minimum Gasteiger partial charge on any atom is -0.497 e. The molecule has 1 heterocycles. The Hall–Kier alpha value is -3.80. The Morgan fingerprint density at radius 1 is 0.966 bits per heavy atom. The predicted octanol–water partition coefficient (Wildman–Crippen LogP) is 4.39. The van der Waals surface area contributed by atoms with Crippen molar-refractivity contribution >= 4 is 28.9 Å². The molecular weight excluding hydrogens is 368 g/mol. The summed E-state index contributed by atoms with van der Waals surface area (Å²) in [4.78, 5) is 27.2. The van der Waals surface area contributed by atoms with Crippen molar-refractivity contribution in [1.82, 2.24) is 0 Å². The molecule has 1 aliphatic heterocycles. The first-order chi connectivity index (χ1) is 14.1. The van der Waals surface area contributed by atoms with E-state index in [0.29, 0.717) is 23.4 Å². The molecule has 3 aromatic carbocycles. The summed E-state index contributed by atoms with van der Waals surface area (Å²) in [5.41, 5.74) is 3.97. The summed E-state index contributed by atoms with van der Waals surface area (Å²) >= 11 is 0. The molecule has 4 rings (SSSR count). The van der Waals surface area contributed by atoms with Crippen LogP contribution in [0.25, 0.3) is 0 Å². The van der Waals surface area contributed by atoms with Gasteiger partial charge >= 0.3 is 5.97 Å². The number of methoxy groups -OCH3 is 2. The molecule has 6 heteroatoms. The number of benzene rings is 3. The van der Waals surface area contributed by atoms with Gasteiger partial charge in [0.25, 0.3) is 5.91 Å². The molecule has 0 saturated heterocycles. The summed E-state index contributed by atoms with van der Waals surface area (Å²) in [6.45, 7) is 0.344. The molecule has 29 heavy (non-hydrogen) atoms. The molecule has 0 unspecified atom stereocenters. The van der Waals surface area contributed by atoms with Crippen molar-refractivity contribution in [1.29, 1.82) is 0 Å². The third-order valence-electron chi connectivity index (χ3n) is 4.88. The highest BCUT2D eigenvalue weighted by Gasteiger charge is 2.27. The maximum absolute atomic E-state index is 13.4. The lowest BCUT2D eigenvalue weighted by molar-refractivity contribution is 0.0600. The van der Waals surface area contributed by atoms with Crippen molar-refractivity contribution in [2.75, 3.05) is 24.4 Å². The molecule has 1 aliphatic rings. The topological polar surface area (TPSA) is 67.9 Å². The average Bonchev–Trinajstić information content (AvgIpc) is 2.88. The number of hydrogen-bond acceptors (Lipinski definition) is 5. The maximum atomic E-state index is 13.4. The van der Waals surface area contributed by atoms with Gasteiger partial charge in [-0.05, 0) is 48.0 Å². The van der Waals surface area contributed by atoms with Crippen LogP contribution < -0.4 is 15.0 Å². The third kappa shape index (κ3) is 3.52. The summed E-state index contributed by atoms with van der Waals surface area (Å²) in [5.74, 6) is 0.146. The largest absolute Gasteiger partial charge is 0.497 e. The number of fused-ring (bicyclic) bond motifs is 2. The Labute approximate surface area is 168 Å². The fourth-order valence-corrected chi connectivity index (χ4v) is 3.35. The SMILES string of the molecule is COC(=O)c1ccc2c(c1)N(Cc1ccc(OC)cc1)C(=O)c1ccccc1N2. The molecule has 0 radical (unpaired) electrons. The maximum Gasteiger partial charge on any atom is 0.337 e. The number of ether oxygens (including phenoxy) is 2. The van der Waals surface area contributed by atoms with Crippen molar-refractivity contribution in [2.45, 2.75) is 6.54 Å². The van der Waals surface area contributed by atoms with Gasteiger partial charge in [0.2, 0.25) is 0 Å². The number of hydrogen-bond donors (Lipinski definition) is 1. The van der Waals surface area contributed by atoms with E-state index in [1.54, 1.807) is 36.3 Å². The predicted molar refractivity (Wildman–Crippen MR) is 111 cm³/mol. The molecular formula is C23H20N2O4. The minimum atomic E-state index is -0.452. The molecule has 0 aliphatic carbocycles. The monoisotopic (exact) mass is 388 g/mol. The van der Waals surface area contributed by atoms with E-state index in [4.69, 9.17) is 9.47 Å². The second kappa shape index (κ2) is 7.67. The average molecular weight is 388 g/mol. The fraction of sp³-hybridized carbons (Fsp3) is 0.130.